The molecule has 0 unspecified atom stereocenters. The van der Waals surface area contributed by atoms with E-state index in [1.54, 1.807) is 43.9 Å². The zero-order valence-electron chi connectivity index (χ0n) is 36.1. The van der Waals surface area contributed by atoms with Gasteiger partial charge >= 0.3 is 12.2 Å². The van der Waals surface area contributed by atoms with Crippen LogP contribution >= 0.6 is 0 Å². The summed E-state index contributed by atoms with van der Waals surface area (Å²) in [6.45, 7) is 8.44. The maximum atomic E-state index is 12.0. The van der Waals surface area contributed by atoms with Gasteiger partial charge in [0.1, 0.15) is 35.8 Å². The third kappa shape index (κ3) is 15.3. The first-order valence-electron chi connectivity index (χ1n) is 20.9. The Hall–Kier alpha value is -6.75. The van der Waals surface area contributed by atoms with Gasteiger partial charge in [0.15, 0.2) is 11.3 Å². The number of carbonyl (C=O) groups is 2. The summed E-state index contributed by atoms with van der Waals surface area (Å²) in [4.78, 5) is 44.1. The molecule has 6 aromatic heterocycles. The summed E-state index contributed by atoms with van der Waals surface area (Å²) in [5, 5.41) is 19.6. The zero-order valence-corrected chi connectivity index (χ0v) is 35.1. The van der Waals surface area contributed by atoms with Crippen molar-refractivity contribution < 1.29 is 37.8 Å². The predicted octanol–water partition coefficient (Wildman–Crippen LogP) is 8.53. The van der Waals surface area contributed by atoms with E-state index in [-0.39, 0.29) is 13.5 Å². The number of aldehydes is 1. The number of allylic oxidation sites excluding steroid dienone is 2. The SMILES string of the molecule is C.C1=C(c2cnc(CCc3ccco3)n3cnnc23)CCCC1.CCN=C=O.CCNC(=O)N1CC=C(c2cnc(CCc3ccco3)n3cnnc23)CC1.O=CC(F)(F)F.[2H]CC. The van der Waals surface area contributed by atoms with E-state index in [9.17, 15) is 18.0 Å². The summed E-state index contributed by atoms with van der Waals surface area (Å²) < 4.78 is 52.2. The van der Waals surface area contributed by atoms with Crippen LogP contribution in [0.4, 0.5) is 18.0 Å². The van der Waals surface area contributed by atoms with Crippen LogP contribution in [0.3, 0.4) is 0 Å². The number of hydrogen-bond donors (Lipinski definition) is 1. The number of aryl methyl sites for hydroxylation is 4. The van der Waals surface area contributed by atoms with Crippen molar-refractivity contribution in [3.05, 3.63) is 108 Å². The van der Waals surface area contributed by atoms with Crippen LogP contribution in [0.15, 0.2) is 87.8 Å². The Morgan fingerprint density at radius 1 is 0.905 bits per heavy atom. The van der Waals surface area contributed by atoms with E-state index in [2.05, 4.69) is 52.8 Å². The van der Waals surface area contributed by atoms with Crippen molar-refractivity contribution in [2.24, 2.45) is 4.99 Å². The number of nitrogens with zero attached hydrogens (tertiary/aromatic N) is 10. The number of fused-ring (bicyclic) bond motifs is 2. The fourth-order valence-corrected chi connectivity index (χ4v) is 6.44. The van der Waals surface area contributed by atoms with Crippen LogP contribution in [0, 0.1) is 0 Å². The second kappa shape index (κ2) is 26.6. The maximum absolute atomic E-state index is 12.0. The van der Waals surface area contributed by atoms with E-state index in [4.69, 9.17) is 19.8 Å². The average Bonchev–Trinajstić information content (AvgIpc) is 4.16. The summed E-state index contributed by atoms with van der Waals surface area (Å²) in [7, 11) is 0. The lowest BCUT2D eigenvalue weighted by Crippen LogP contribution is -2.42. The van der Waals surface area contributed by atoms with Crippen molar-refractivity contribution in [2.45, 2.75) is 99.1 Å². The van der Waals surface area contributed by atoms with Crippen molar-refractivity contribution in [1.29, 1.82) is 0 Å². The quantitative estimate of drug-likeness (QED) is 0.0788. The molecule has 1 N–H and O–H groups in total. The number of halogens is 3. The monoisotopic (exact) mass is 876 g/mol. The van der Waals surface area contributed by atoms with Gasteiger partial charge in [-0.2, -0.15) is 13.2 Å². The Bertz CT molecular complexity index is 2410. The lowest BCUT2D eigenvalue weighted by atomic mass is 9.95. The molecule has 6 aromatic rings. The number of aromatic nitrogens is 8. The second-order valence-corrected chi connectivity index (χ2v) is 13.3. The standard InChI is InChI=1S/C19H22N6O2.C17H18N4O.C3H5NO.C2HF3O.C2H6.CH4/c1-2-20-19(26)24-9-7-14(8-10-24)16-12-21-17(25-13-22-23-18(16)25)6-5-15-4-3-11-27-15;1-2-5-13(6-3-1)15-11-18-16(21-12-19-20-17(15)21)9-8-14-7-4-10-22-14;1-2-4-3-5;3-2(4,5)1-6;1-2;/h3-4,7,11-13H,2,5-6,8-10H2,1H3,(H,20,26);4-5,7,10-12H,1-3,6,8-9H2;2H2,1H3;1H;1-2H3;1H4/i;;;;1D;. The maximum Gasteiger partial charge on any atom is 0.446 e. The van der Waals surface area contributed by atoms with Gasteiger partial charge in [-0.15, -0.1) is 20.4 Å². The molecule has 338 valence electrons. The molecule has 8 rings (SSSR count). The van der Waals surface area contributed by atoms with Crippen LogP contribution in [-0.2, 0) is 35.3 Å². The van der Waals surface area contributed by atoms with E-state index in [1.807, 2.05) is 52.4 Å². The highest BCUT2D eigenvalue weighted by Gasteiger charge is 2.25. The second-order valence-electron chi connectivity index (χ2n) is 13.3. The van der Waals surface area contributed by atoms with Crippen molar-refractivity contribution in [3.63, 3.8) is 0 Å². The number of carbonyl (C=O) groups excluding carboxylic acids is 3. The number of alkyl halides is 3. The molecule has 0 fully saturated rings. The van der Waals surface area contributed by atoms with Crippen LogP contribution in [0.2, 0.25) is 0 Å². The molecule has 0 aromatic carbocycles. The summed E-state index contributed by atoms with van der Waals surface area (Å²) in [5.74, 6) is 3.77. The van der Waals surface area contributed by atoms with Crippen molar-refractivity contribution in [3.8, 4) is 0 Å². The normalized spacial score (nSPS) is 13.3. The van der Waals surface area contributed by atoms with Crippen LogP contribution < -0.4 is 5.32 Å². The number of urea groups is 1. The summed E-state index contributed by atoms with van der Waals surface area (Å²) in [6, 6.07) is 7.73. The van der Waals surface area contributed by atoms with Crippen molar-refractivity contribution >= 4 is 40.8 Å². The third-order valence-electron chi connectivity index (χ3n) is 9.33. The Morgan fingerprint density at radius 2 is 1.44 bits per heavy atom. The smallest absolute Gasteiger partial charge is 0.446 e. The number of nitrogens with one attached hydrogen (secondary N) is 1. The van der Waals surface area contributed by atoms with Crippen LogP contribution in [0.1, 0.15) is 103 Å². The first kappa shape index (κ1) is 48.9. The molecule has 0 spiro atoms. The van der Waals surface area contributed by atoms with E-state index >= 15 is 0 Å². The van der Waals surface area contributed by atoms with Gasteiger partial charge in [-0.25, -0.2) is 24.5 Å². The first-order valence-corrected chi connectivity index (χ1v) is 20.2. The van der Waals surface area contributed by atoms with Gasteiger partial charge in [-0.05, 0) is 81.4 Å². The molecule has 1 aliphatic carbocycles. The van der Waals surface area contributed by atoms with Crippen molar-refractivity contribution in [1.82, 2.24) is 49.4 Å². The molecule has 2 amide bonds. The van der Waals surface area contributed by atoms with Crippen LogP contribution in [0.25, 0.3) is 22.4 Å². The average molecular weight is 877 g/mol. The molecule has 2 aliphatic rings. The molecule has 16 nitrogen and oxygen atoms in total. The molecule has 0 radical (unpaired) electrons. The Labute approximate surface area is 365 Å². The summed E-state index contributed by atoms with van der Waals surface area (Å²) >= 11 is 0. The third-order valence-corrected chi connectivity index (χ3v) is 9.33. The van der Waals surface area contributed by atoms with Gasteiger partial charge in [0.2, 0.25) is 12.4 Å². The lowest BCUT2D eigenvalue weighted by molar-refractivity contribution is -0.156. The fourth-order valence-electron chi connectivity index (χ4n) is 6.44. The molecule has 1 aliphatic heterocycles. The number of isocyanates is 1. The minimum Gasteiger partial charge on any atom is -0.469 e. The molecule has 0 saturated heterocycles. The van der Waals surface area contributed by atoms with E-state index < -0.39 is 12.5 Å². The number of hydrogen-bond acceptors (Lipinski definition) is 12. The Balaban J connectivity index is 0.000000263. The molecular formula is C44H56F3N11O5. The van der Waals surface area contributed by atoms with Gasteiger partial charge in [0.05, 0.1) is 12.5 Å². The molecule has 0 saturated carbocycles. The molecular weight excluding hydrogens is 820 g/mol. The van der Waals surface area contributed by atoms with E-state index in [1.165, 1.54) is 24.5 Å². The minimum absolute atomic E-state index is 0. The highest BCUT2D eigenvalue weighted by molar-refractivity contribution is 5.79. The minimum atomic E-state index is -4.64. The van der Waals surface area contributed by atoms with E-state index in [0.29, 0.717) is 33.1 Å². The zero-order chi connectivity index (χ0) is 45.5. The van der Waals surface area contributed by atoms with Crippen LogP contribution in [0.5, 0.6) is 0 Å². The van der Waals surface area contributed by atoms with Crippen molar-refractivity contribution in [2.75, 3.05) is 26.2 Å². The molecule has 0 bridgehead atoms. The van der Waals surface area contributed by atoms with Gasteiger partial charge in [0.25, 0.3) is 0 Å². The Morgan fingerprint density at radius 3 is 1.83 bits per heavy atom. The fraction of sp³-hybridized carbons (Fsp3) is 0.432. The first-order chi connectivity index (χ1) is 30.6. The highest BCUT2D eigenvalue weighted by Crippen LogP contribution is 2.29. The predicted molar refractivity (Wildman–Crippen MR) is 232 cm³/mol. The number of furan rings is 2. The van der Waals surface area contributed by atoms with Gasteiger partial charge in [0, 0.05) is 76.8 Å². The summed E-state index contributed by atoms with van der Waals surface area (Å²) in [6.07, 6.45) is 19.5. The molecule has 0 atom stereocenters. The Kier molecular flexibility index (Phi) is 20.6. The number of rotatable bonds is 10. The molecule has 7 heterocycles. The molecule has 19 heteroatoms. The van der Waals surface area contributed by atoms with Gasteiger partial charge in [-0.1, -0.05) is 33.4 Å². The van der Waals surface area contributed by atoms with Gasteiger partial charge < -0.3 is 19.1 Å². The number of aliphatic imine (C=N–C) groups is 1. The highest BCUT2D eigenvalue weighted by atomic mass is 19.4. The molecule has 63 heavy (non-hydrogen) atoms. The van der Waals surface area contributed by atoms with Gasteiger partial charge in [-0.3, -0.25) is 13.6 Å². The largest absolute Gasteiger partial charge is 0.469 e. The lowest BCUT2D eigenvalue weighted by Gasteiger charge is -2.26. The summed E-state index contributed by atoms with van der Waals surface area (Å²) in [5.41, 5.74) is 6.33. The number of amides is 2. The topological polar surface area (TPSA) is 191 Å². The van der Waals surface area contributed by atoms with E-state index in [0.717, 1.165) is 96.1 Å². The van der Waals surface area contributed by atoms with Crippen LogP contribution in [-0.4, -0.2) is 94.8 Å².